The third-order valence-corrected chi connectivity index (χ3v) is 7.08. The molecule has 0 fully saturated rings. The summed E-state index contributed by atoms with van der Waals surface area (Å²) in [5, 5.41) is 4.51. The maximum absolute atomic E-state index is 14.6. The number of hydrogen-bond acceptors (Lipinski definition) is 4. The van der Waals surface area contributed by atoms with Crippen LogP contribution in [0.1, 0.15) is 41.2 Å². The number of carbonyl (C=O) groups excluding carboxylic acids is 1. The lowest BCUT2D eigenvalue weighted by Gasteiger charge is -2.26. The number of thioether (sulfide) groups is 1. The third kappa shape index (κ3) is 5.27. The Kier molecular flexibility index (Phi) is 7.18. The average Bonchev–Trinajstić information content (AvgIpc) is 3.37. The lowest BCUT2D eigenvalue weighted by Crippen LogP contribution is -2.28. The zero-order chi connectivity index (χ0) is 27.1. The largest absolute Gasteiger partial charge is 0.336 e. The highest BCUT2D eigenvalue weighted by Gasteiger charge is 2.34. The van der Waals surface area contributed by atoms with Crippen LogP contribution in [0.25, 0.3) is 5.69 Å². The molecule has 6 nitrogen and oxygen atoms in total. The maximum atomic E-state index is 14.6. The number of rotatable bonds is 7. The molecule has 0 atom stereocenters. The first-order chi connectivity index (χ1) is 17.4. The van der Waals surface area contributed by atoms with Crippen LogP contribution < -0.4 is 0 Å². The Bertz CT molecular complexity index is 1460. The van der Waals surface area contributed by atoms with Crippen molar-refractivity contribution in [2.45, 2.75) is 37.2 Å². The normalized spacial score (nSPS) is 11.7. The van der Waals surface area contributed by atoms with Gasteiger partial charge in [-0.2, -0.15) is 5.10 Å². The summed E-state index contributed by atoms with van der Waals surface area (Å²) in [5.41, 5.74) is 1.77. The smallest absolute Gasteiger partial charge is 0.272 e. The van der Waals surface area contributed by atoms with Gasteiger partial charge in [0, 0.05) is 48.4 Å². The topological polar surface area (TPSA) is 56.0 Å². The molecule has 0 N–H and O–H groups in total. The van der Waals surface area contributed by atoms with Crippen molar-refractivity contribution < 1.29 is 22.4 Å². The molecule has 2 heterocycles. The molecule has 0 spiro atoms. The third-order valence-electron chi connectivity index (χ3n) is 5.90. The highest BCUT2D eigenvalue weighted by Crippen LogP contribution is 2.43. The lowest BCUT2D eigenvalue weighted by molar-refractivity contribution is 0.0776. The zero-order valence-electron chi connectivity index (χ0n) is 20.9. The van der Waals surface area contributed by atoms with E-state index in [4.69, 9.17) is 0 Å². The van der Waals surface area contributed by atoms with Crippen LogP contribution in [-0.2, 0) is 18.3 Å². The van der Waals surface area contributed by atoms with Crippen molar-refractivity contribution in [3.05, 3.63) is 94.6 Å². The van der Waals surface area contributed by atoms with Crippen molar-refractivity contribution in [3.63, 3.8) is 0 Å². The Morgan fingerprint density at radius 3 is 2.32 bits per heavy atom. The lowest BCUT2D eigenvalue weighted by atomic mass is 10.0. The Morgan fingerprint density at radius 1 is 1.05 bits per heavy atom. The van der Waals surface area contributed by atoms with Crippen molar-refractivity contribution >= 4 is 17.7 Å². The molecular weight excluding hydrogens is 506 g/mol. The van der Waals surface area contributed by atoms with E-state index < -0.39 is 33.6 Å². The van der Waals surface area contributed by atoms with Crippen LogP contribution in [0.4, 0.5) is 17.6 Å². The van der Waals surface area contributed by atoms with Crippen LogP contribution in [0.5, 0.6) is 0 Å². The first kappa shape index (κ1) is 26.5. The zero-order valence-corrected chi connectivity index (χ0v) is 21.7. The Labute approximate surface area is 215 Å². The van der Waals surface area contributed by atoms with Gasteiger partial charge in [-0.25, -0.2) is 22.5 Å². The van der Waals surface area contributed by atoms with Crippen molar-refractivity contribution in [1.82, 2.24) is 24.2 Å². The van der Waals surface area contributed by atoms with E-state index in [9.17, 15) is 22.4 Å². The summed E-state index contributed by atoms with van der Waals surface area (Å²) in [7, 11) is 3.42. The molecule has 4 rings (SSSR count). The summed E-state index contributed by atoms with van der Waals surface area (Å²) in [5.74, 6) is -4.22. The molecule has 2 aromatic heterocycles. The quantitative estimate of drug-likeness (QED) is 0.173. The summed E-state index contributed by atoms with van der Waals surface area (Å²) < 4.78 is 58.7. The van der Waals surface area contributed by atoms with Gasteiger partial charge in [0.1, 0.15) is 17.3 Å². The van der Waals surface area contributed by atoms with E-state index >= 15 is 0 Å². The summed E-state index contributed by atoms with van der Waals surface area (Å²) in [6.07, 6.45) is 3.18. The van der Waals surface area contributed by atoms with E-state index in [0.29, 0.717) is 5.69 Å². The average molecular weight is 532 g/mol. The standard InChI is InChI=1S/C26H25F4N5OS/c1-15-16(14-34(5)32-15)13-33(4)24(36)21-12-31-25(35(21)18-8-6-17(27)7-9-18)37-26(2,3)22-19(28)10-11-20(29)23(22)30/h6-12,14H,13H2,1-5H3. The molecule has 0 bridgehead atoms. The van der Waals surface area contributed by atoms with Gasteiger partial charge >= 0.3 is 0 Å². The predicted molar refractivity (Wildman–Crippen MR) is 132 cm³/mol. The van der Waals surface area contributed by atoms with E-state index in [1.165, 1.54) is 53.8 Å². The summed E-state index contributed by atoms with van der Waals surface area (Å²) in [6.45, 7) is 5.18. The van der Waals surface area contributed by atoms with Gasteiger partial charge in [0.25, 0.3) is 5.91 Å². The number of benzene rings is 2. The number of aromatic nitrogens is 4. The minimum atomic E-state index is -1.32. The maximum Gasteiger partial charge on any atom is 0.272 e. The molecule has 0 radical (unpaired) electrons. The van der Waals surface area contributed by atoms with Gasteiger partial charge in [-0.3, -0.25) is 14.0 Å². The SMILES string of the molecule is Cc1nn(C)cc1CN(C)C(=O)c1cnc(SC(C)(C)c2c(F)ccc(F)c2F)n1-c1ccc(F)cc1. The number of halogens is 4. The second-order valence-electron chi connectivity index (χ2n) is 9.14. The second kappa shape index (κ2) is 10.0. The molecule has 2 aromatic carbocycles. The fourth-order valence-electron chi connectivity index (χ4n) is 4.08. The number of amides is 1. The Hall–Kier alpha value is -3.60. The number of hydrogen-bond donors (Lipinski definition) is 0. The molecule has 0 aliphatic heterocycles. The highest BCUT2D eigenvalue weighted by molar-refractivity contribution is 8.00. The molecular formula is C26H25F4N5OS. The van der Waals surface area contributed by atoms with E-state index in [2.05, 4.69) is 10.1 Å². The van der Waals surface area contributed by atoms with Gasteiger partial charge in [-0.1, -0.05) is 11.8 Å². The number of aryl methyl sites for hydroxylation is 2. The van der Waals surface area contributed by atoms with Gasteiger partial charge < -0.3 is 4.90 Å². The Morgan fingerprint density at radius 2 is 1.70 bits per heavy atom. The van der Waals surface area contributed by atoms with Crippen molar-refractivity contribution in [2.75, 3.05) is 7.05 Å². The molecule has 0 saturated carbocycles. The van der Waals surface area contributed by atoms with Gasteiger partial charge in [0.15, 0.2) is 16.8 Å². The van der Waals surface area contributed by atoms with E-state index in [1.54, 1.807) is 18.8 Å². The molecule has 194 valence electrons. The van der Waals surface area contributed by atoms with Gasteiger partial charge in [-0.05, 0) is 57.2 Å². The van der Waals surface area contributed by atoms with Crippen LogP contribution in [0.3, 0.4) is 0 Å². The van der Waals surface area contributed by atoms with Gasteiger partial charge in [-0.15, -0.1) is 0 Å². The minimum absolute atomic E-state index is 0.161. The molecule has 0 saturated heterocycles. The molecule has 37 heavy (non-hydrogen) atoms. The second-order valence-corrected chi connectivity index (χ2v) is 10.7. The fourth-order valence-corrected chi connectivity index (χ4v) is 5.23. The van der Waals surface area contributed by atoms with Crippen molar-refractivity contribution in [1.29, 1.82) is 0 Å². The molecule has 0 unspecified atom stereocenters. The van der Waals surface area contributed by atoms with E-state index in [0.717, 1.165) is 35.2 Å². The highest BCUT2D eigenvalue weighted by atomic mass is 32.2. The van der Waals surface area contributed by atoms with Crippen molar-refractivity contribution in [2.24, 2.45) is 7.05 Å². The molecule has 0 aliphatic carbocycles. The van der Waals surface area contributed by atoms with Crippen LogP contribution in [0.2, 0.25) is 0 Å². The Balaban J connectivity index is 1.76. The first-order valence-electron chi connectivity index (χ1n) is 11.3. The predicted octanol–water partition coefficient (Wildman–Crippen LogP) is 5.77. The first-order valence-corrected chi connectivity index (χ1v) is 12.1. The number of nitrogens with zero attached hydrogens (tertiary/aromatic N) is 5. The minimum Gasteiger partial charge on any atom is -0.336 e. The van der Waals surface area contributed by atoms with Crippen LogP contribution >= 0.6 is 11.8 Å². The molecule has 11 heteroatoms. The fraction of sp³-hybridized carbons (Fsp3) is 0.269. The monoisotopic (exact) mass is 531 g/mol. The van der Waals surface area contributed by atoms with Gasteiger partial charge in [0.2, 0.25) is 0 Å². The molecule has 4 aromatic rings. The summed E-state index contributed by atoms with van der Waals surface area (Å²) >= 11 is 0.949. The van der Waals surface area contributed by atoms with E-state index in [1.807, 2.05) is 13.1 Å². The van der Waals surface area contributed by atoms with Crippen molar-refractivity contribution in [3.8, 4) is 5.69 Å². The van der Waals surface area contributed by atoms with Gasteiger partial charge in [0.05, 0.1) is 11.9 Å². The summed E-state index contributed by atoms with van der Waals surface area (Å²) in [6, 6.07) is 7.01. The molecule has 1 amide bonds. The van der Waals surface area contributed by atoms with Crippen LogP contribution in [-0.4, -0.2) is 37.2 Å². The van der Waals surface area contributed by atoms with Crippen LogP contribution in [0.15, 0.2) is 53.9 Å². The number of carbonyl (C=O) groups is 1. The molecule has 0 aliphatic rings. The van der Waals surface area contributed by atoms with Crippen LogP contribution in [0, 0.1) is 30.2 Å². The number of imidazole rings is 1. The van der Waals surface area contributed by atoms with E-state index in [-0.39, 0.29) is 23.3 Å². The summed E-state index contributed by atoms with van der Waals surface area (Å²) in [4.78, 5) is 19.4.